The Balaban J connectivity index is 1.85. The van der Waals surface area contributed by atoms with Gasteiger partial charge in [0.05, 0.1) is 5.01 Å². The van der Waals surface area contributed by atoms with Gasteiger partial charge in [-0.1, -0.05) is 6.07 Å². The summed E-state index contributed by atoms with van der Waals surface area (Å²) in [7, 11) is 0. The van der Waals surface area contributed by atoms with Crippen LogP contribution in [0.5, 0.6) is 0 Å². The second-order valence-corrected chi connectivity index (χ2v) is 4.98. The van der Waals surface area contributed by atoms with E-state index in [-0.39, 0.29) is 5.91 Å². The number of thiazole rings is 1. The molecule has 2 aromatic rings. The average Bonchev–Trinajstić information content (AvgIpc) is 2.82. The summed E-state index contributed by atoms with van der Waals surface area (Å²) in [4.78, 5) is 16.7. The van der Waals surface area contributed by atoms with Crippen LogP contribution in [0, 0.1) is 0 Å². The average molecular weight is 264 g/mol. The molecule has 0 saturated heterocycles. The van der Waals surface area contributed by atoms with Crippen LogP contribution < -0.4 is 5.32 Å². The Kier molecular flexibility index (Phi) is 4.17. The normalized spacial score (nSPS) is 10.2. The Bertz CT molecular complexity index is 497. The van der Waals surface area contributed by atoms with Gasteiger partial charge in [-0.3, -0.25) is 4.79 Å². The van der Waals surface area contributed by atoms with Crippen molar-refractivity contribution in [3.8, 4) is 0 Å². The Morgan fingerprint density at radius 3 is 3.06 bits per heavy atom. The molecule has 5 heteroatoms. The third-order valence-corrected chi connectivity index (χ3v) is 3.33. The molecule has 3 nitrogen and oxygen atoms in total. The molecule has 0 spiro atoms. The number of hydrogen-bond acceptors (Lipinski definition) is 4. The van der Waals surface area contributed by atoms with Gasteiger partial charge < -0.3 is 5.32 Å². The highest BCUT2D eigenvalue weighted by Gasteiger charge is 2.05. The lowest BCUT2D eigenvalue weighted by Gasteiger charge is -2.04. The molecular weight excluding hydrogens is 252 g/mol. The van der Waals surface area contributed by atoms with E-state index in [1.165, 1.54) is 0 Å². The monoisotopic (exact) mass is 264 g/mol. The van der Waals surface area contributed by atoms with Gasteiger partial charge in [0.25, 0.3) is 5.91 Å². The predicted molar refractivity (Wildman–Crippen MR) is 71.8 cm³/mol. The summed E-state index contributed by atoms with van der Waals surface area (Å²) >= 11 is 5.80. The first-order chi connectivity index (χ1) is 8.25. The van der Waals surface area contributed by atoms with Crippen LogP contribution in [-0.4, -0.2) is 17.4 Å². The number of aromatic nitrogens is 1. The molecular formula is C12H12N2OS2. The largest absolute Gasteiger partial charge is 0.352 e. The Morgan fingerprint density at radius 2 is 2.35 bits per heavy atom. The zero-order chi connectivity index (χ0) is 12.1. The molecule has 0 radical (unpaired) electrons. The minimum atomic E-state index is -0.0718. The fourth-order valence-corrected chi connectivity index (χ4v) is 2.25. The quantitative estimate of drug-likeness (QED) is 0.833. The van der Waals surface area contributed by atoms with Crippen LogP contribution in [0.2, 0.25) is 0 Å². The number of thiol groups is 1. The first-order valence-electron chi connectivity index (χ1n) is 5.21. The van der Waals surface area contributed by atoms with Gasteiger partial charge in [-0.05, 0) is 18.2 Å². The second-order valence-electron chi connectivity index (χ2n) is 3.48. The van der Waals surface area contributed by atoms with Crippen molar-refractivity contribution in [2.45, 2.75) is 11.3 Å². The molecule has 1 aromatic heterocycles. The number of hydrogen-bond donors (Lipinski definition) is 2. The maximum absolute atomic E-state index is 11.8. The van der Waals surface area contributed by atoms with Crippen LogP contribution >= 0.6 is 24.0 Å². The molecule has 88 valence electrons. The van der Waals surface area contributed by atoms with Crippen LogP contribution in [0.3, 0.4) is 0 Å². The molecule has 0 fully saturated rings. The van der Waals surface area contributed by atoms with Crippen molar-refractivity contribution in [3.05, 3.63) is 46.4 Å². The van der Waals surface area contributed by atoms with E-state index < -0.39 is 0 Å². The molecule has 1 aromatic carbocycles. The second kappa shape index (κ2) is 5.84. The van der Waals surface area contributed by atoms with Crippen LogP contribution in [0.25, 0.3) is 0 Å². The number of benzene rings is 1. The molecule has 0 saturated carbocycles. The van der Waals surface area contributed by atoms with E-state index >= 15 is 0 Å². The van der Waals surface area contributed by atoms with Crippen molar-refractivity contribution in [2.75, 3.05) is 6.54 Å². The predicted octanol–water partition coefficient (Wildman–Crippen LogP) is 2.40. The molecule has 1 N–H and O–H groups in total. The summed E-state index contributed by atoms with van der Waals surface area (Å²) in [6.45, 7) is 0.600. The van der Waals surface area contributed by atoms with E-state index in [1.807, 2.05) is 17.5 Å². The topological polar surface area (TPSA) is 42.0 Å². The van der Waals surface area contributed by atoms with Gasteiger partial charge in [-0.25, -0.2) is 4.98 Å². The Labute approximate surface area is 109 Å². The Hall–Kier alpha value is -1.33. The summed E-state index contributed by atoms with van der Waals surface area (Å²) in [6, 6.07) is 7.19. The van der Waals surface area contributed by atoms with Gasteiger partial charge in [0, 0.05) is 35.0 Å². The van der Waals surface area contributed by atoms with E-state index in [0.29, 0.717) is 12.1 Å². The van der Waals surface area contributed by atoms with Crippen LogP contribution in [0.15, 0.2) is 40.7 Å². The third kappa shape index (κ3) is 3.57. The molecule has 0 unspecified atom stereocenters. The van der Waals surface area contributed by atoms with Crippen molar-refractivity contribution in [1.82, 2.24) is 10.3 Å². The lowest BCUT2D eigenvalue weighted by molar-refractivity contribution is 0.0954. The Morgan fingerprint density at radius 1 is 1.47 bits per heavy atom. The highest BCUT2D eigenvalue weighted by atomic mass is 32.1. The van der Waals surface area contributed by atoms with E-state index in [2.05, 4.69) is 22.9 Å². The SMILES string of the molecule is O=C(NCCc1nccs1)c1cccc(S)c1. The van der Waals surface area contributed by atoms with Gasteiger partial charge in [-0.15, -0.1) is 24.0 Å². The van der Waals surface area contributed by atoms with E-state index in [1.54, 1.807) is 29.7 Å². The van der Waals surface area contributed by atoms with Crippen molar-refractivity contribution >= 4 is 29.9 Å². The lowest BCUT2D eigenvalue weighted by atomic mass is 10.2. The van der Waals surface area contributed by atoms with Gasteiger partial charge in [0.1, 0.15) is 0 Å². The summed E-state index contributed by atoms with van der Waals surface area (Å²) in [5, 5.41) is 5.83. The number of carbonyl (C=O) groups excluding carboxylic acids is 1. The van der Waals surface area contributed by atoms with Gasteiger partial charge in [0.15, 0.2) is 0 Å². The fourth-order valence-electron chi connectivity index (χ4n) is 1.41. The van der Waals surface area contributed by atoms with Crippen molar-refractivity contribution < 1.29 is 4.79 Å². The smallest absolute Gasteiger partial charge is 0.251 e. The molecule has 0 aliphatic heterocycles. The van der Waals surface area contributed by atoms with Crippen LogP contribution in [-0.2, 0) is 6.42 Å². The van der Waals surface area contributed by atoms with E-state index in [4.69, 9.17) is 0 Å². The number of nitrogens with zero attached hydrogens (tertiary/aromatic N) is 1. The van der Waals surface area contributed by atoms with Crippen LogP contribution in [0.4, 0.5) is 0 Å². The highest BCUT2D eigenvalue weighted by Crippen LogP contribution is 2.09. The fraction of sp³-hybridized carbons (Fsp3) is 0.167. The summed E-state index contributed by atoms with van der Waals surface area (Å²) < 4.78 is 0. The lowest BCUT2D eigenvalue weighted by Crippen LogP contribution is -2.25. The van der Waals surface area contributed by atoms with Crippen LogP contribution in [0.1, 0.15) is 15.4 Å². The minimum Gasteiger partial charge on any atom is -0.352 e. The molecule has 0 bridgehead atoms. The van der Waals surface area contributed by atoms with Gasteiger partial charge in [-0.2, -0.15) is 0 Å². The molecule has 17 heavy (non-hydrogen) atoms. The van der Waals surface area contributed by atoms with Crippen molar-refractivity contribution in [2.24, 2.45) is 0 Å². The number of rotatable bonds is 4. The maximum Gasteiger partial charge on any atom is 0.251 e. The van der Waals surface area contributed by atoms with Crippen molar-refractivity contribution in [1.29, 1.82) is 0 Å². The minimum absolute atomic E-state index is 0.0718. The molecule has 1 heterocycles. The van der Waals surface area contributed by atoms with E-state index in [9.17, 15) is 4.79 Å². The zero-order valence-electron chi connectivity index (χ0n) is 9.09. The maximum atomic E-state index is 11.8. The third-order valence-electron chi connectivity index (χ3n) is 2.22. The molecule has 1 amide bonds. The summed E-state index contributed by atoms with van der Waals surface area (Å²) in [5.74, 6) is -0.0718. The van der Waals surface area contributed by atoms with E-state index in [0.717, 1.165) is 16.3 Å². The highest BCUT2D eigenvalue weighted by molar-refractivity contribution is 7.80. The van der Waals surface area contributed by atoms with Crippen molar-refractivity contribution in [3.63, 3.8) is 0 Å². The molecule has 0 atom stereocenters. The molecule has 0 aliphatic rings. The zero-order valence-corrected chi connectivity index (χ0v) is 10.8. The number of amides is 1. The summed E-state index contributed by atoms with van der Waals surface area (Å²) in [5.41, 5.74) is 0.636. The molecule has 2 rings (SSSR count). The molecule has 0 aliphatic carbocycles. The van der Waals surface area contributed by atoms with Gasteiger partial charge in [0.2, 0.25) is 0 Å². The number of carbonyl (C=O) groups is 1. The standard InChI is InChI=1S/C12H12N2OS2/c15-12(9-2-1-3-10(16)8-9)14-5-4-11-13-6-7-17-11/h1-3,6-8,16H,4-5H2,(H,14,15). The number of nitrogens with one attached hydrogen (secondary N) is 1. The summed E-state index contributed by atoms with van der Waals surface area (Å²) in [6.07, 6.45) is 2.54. The first-order valence-corrected chi connectivity index (χ1v) is 6.54. The first kappa shape index (κ1) is 12.1. The van der Waals surface area contributed by atoms with Gasteiger partial charge >= 0.3 is 0 Å².